The van der Waals surface area contributed by atoms with E-state index < -0.39 is 0 Å². The first-order chi connectivity index (χ1) is 6.49. The van der Waals surface area contributed by atoms with E-state index in [2.05, 4.69) is 6.92 Å². The number of primary amides is 1. The van der Waals surface area contributed by atoms with Crippen LogP contribution in [0.25, 0.3) is 0 Å². The summed E-state index contributed by atoms with van der Waals surface area (Å²) in [7, 11) is 0. The number of amides is 1. The molecule has 0 heterocycles. The Labute approximate surface area is 93.0 Å². The molecule has 1 aromatic rings. The number of hydrogen-bond acceptors (Lipinski definition) is 1. The zero-order chi connectivity index (χ0) is 10.7. The van der Waals surface area contributed by atoms with E-state index in [1.807, 2.05) is 0 Å². The van der Waals surface area contributed by atoms with Crippen molar-refractivity contribution in [1.29, 1.82) is 0 Å². The van der Waals surface area contributed by atoms with E-state index >= 15 is 0 Å². The maximum atomic E-state index is 10.7. The Kier molecular flexibility index (Phi) is 3.78. The van der Waals surface area contributed by atoms with E-state index in [4.69, 9.17) is 28.9 Å². The van der Waals surface area contributed by atoms with Crippen LogP contribution in [0.3, 0.4) is 0 Å². The first-order valence-corrected chi connectivity index (χ1v) is 4.82. The smallest absolute Gasteiger partial charge is 0.218 e. The Morgan fingerprint density at radius 3 is 2.29 bits per heavy atom. The molecular weight excluding hydrogens is 221 g/mol. The predicted molar refractivity (Wildman–Crippen MR) is 58.4 cm³/mol. The molecule has 0 aromatic heterocycles. The van der Waals surface area contributed by atoms with Crippen molar-refractivity contribution in [1.82, 2.24) is 0 Å². The lowest BCUT2D eigenvalue weighted by Gasteiger charge is -2.10. The van der Waals surface area contributed by atoms with E-state index in [-0.39, 0.29) is 18.2 Å². The second kappa shape index (κ2) is 4.67. The number of carbonyl (C=O) groups is 1. The fourth-order valence-corrected chi connectivity index (χ4v) is 1.71. The molecule has 2 nitrogen and oxygen atoms in total. The quantitative estimate of drug-likeness (QED) is 0.853. The Morgan fingerprint density at radius 1 is 1.36 bits per heavy atom. The molecule has 0 aliphatic heterocycles. The van der Waals surface area contributed by atoms with E-state index in [1.54, 1.807) is 18.2 Å². The molecule has 0 saturated carbocycles. The molecule has 0 fully saturated rings. The van der Waals surface area contributed by atoms with Gasteiger partial charge in [-0.1, -0.05) is 23.2 Å². The second-order valence-corrected chi connectivity index (χ2v) is 3.94. The summed E-state index contributed by atoms with van der Waals surface area (Å²) in [4.78, 5) is 10.7. The summed E-state index contributed by atoms with van der Waals surface area (Å²) in [5.74, 6) is -0.593. The topological polar surface area (TPSA) is 43.1 Å². The minimum absolute atomic E-state index is 0.191. The third-order valence-corrected chi connectivity index (χ3v) is 2.24. The highest BCUT2D eigenvalue weighted by Crippen LogP contribution is 2.25. The average Bonchev–Trinajstić information content (AvgIpc) is 2.00. The second-order valence-electron chi connectivity index (χ2n) is 3.07. The van der Waals surface area contributed by atoms with Crippen molar-refractivity contribution in [3.05, 3.63) is 40.7 Å². The van der Waals surface area contributed by atoms with Crippen LogP contribution in [0.1, 0.15) is 17.9 Å². The third kappa shape index (κ3) is 3.20. The first-order valence-electron chi connectivity index (χ1n) is 4.06. The largest absolute Gasteiger partial charge is 0.370 e. The SMILES string of the molecule is [CH2]C(CC(N)=O)c1cc(Cl)cc(Cl)c1. The Bertz CT molecular complexity index is 332. The van der Waals surface area contributed by atoms with E-state index in [9.17, 15) is 4.79 Å². The molecule has 0 aliphatic carbocycles. The summed E-state index contributed by atoms with van der Waals surface area (Å²) in [6.45, 7) is 3.81. The number of benzene rings is 1. The number of halogens is 2. The molecule has 1 rings (SSSR count). The molecule has 1 amide bonds. The lowest BCUT2D eigenvalue weighted by molar-refractivity contribution is -0.118. The van der Waals surface area contributed by atoms with Gasteiger partial charge in [-0.25, -0.2) is 0 Å². The predicted octanol–water partition coefficient (Wildman–Crippen LogP) is 2.79. The van der Waals surface area contributed by atoms with Crippen LogP contribution in [0.5, 0.6) is 0 Å². The molecule has 4 heteroatoms. The summed E-state index contributed by atoms with van der Waals surface area (Å²) in [6, 6.07) is 5.09. The van der Waals surface area contributed by atoms with Crippen molar-refractivity contribution in [2.75, 3.05) is 0 Å². The van der Waals surface area contributed by atoms with Gasteiger partial charge in [0.15, 0.2) is 0 Å². The van der Waals surface area contributed by atoms with Crippen LogP contribution in [-0.2, 0) is 4.79 Å². The Hall–Kier alpha value is -0.730. The van der Waals surface area contributed by atoms with E-state index in [1.165, 1.54) is 0 Å². The first kappa shape index (κ1) is 11.3. The van der Waals surface area contributed by atoms with Crippen molar-refractivity contribution in [3.63, 3.8) is 0 Å². The summed E-state index contributed by atoms with van der Waals surface area (Å²) in [5.41, 5.74) is 5.88. The van der Waals surface area contributed by atoms with Gasteiger partial charge in [-0.05, 0) is 36.6 Å². The maximum Gasteiger partial charge on any atom is 0.218 e. The van der Waals surface area contributed by atoms with Crippen LogP contribution in [0.2, 0.25) is 10.0 Å². The van der Waals surface area contributed by atoms with E-state index in [0.29, 0.717) is 10.0 Å². The Balaban J connectivity index is 2.89. The van der Waals surface area contributed by atoms with Gasteiger partial charge in [-0.15, -0.1) is 0 Å². The molecule has 0 saturated heterocycles. The van der Waals surface area contributed by atoms with Crippen LogP contribution in [-0.4, -0.2) is 5.91 Å². The van der Waals surface area contributed by atoms with Crippen molar-refractivity contribution in [2.24, 2.45) is 5.73 Å². The van der Waals surface area contributed by atoms with Crippen LogP contribution < -0.4 is 5.73 Å². The van der Waals surface area contributed by atoms with Crippen LogP contribution in [0.15, 0.2) is 18.2 Å². The van der Waals surface area contributed by atoms with Gasteiger partial charge in [0.25, 0.3) is 0 Å². The molecular formula is C10H10Cl2NO. The zero-order valence-electron chi connectivity index (χ0n) is 7.47. The van der Waals surface area contributed by atoms with Gasteiger partial charge in [-0.2, -0.15) is 0 Å². The molecule has 2 N–H and O–H groups in total. The van der Waals surface area contributed by atoms with E-state index in [0.717, 1.165) is 5.56 Å². The number of rotatable bonds is 3. The number of hydrogen-bond donors (Lipinski definition) is 1. The van der Waals surface area contributed by atoms with Crippen molar-refractivity contribution < 1.29 is 4.79 Å². The molecule has 14 heavy (non-hydrogen) atoms. The summed E-state index contributed by atoms with van der Waals surface area (Å²) < 4.78 is 0. The highest BCUT2D eigenvalue weighted by Gasteiger charge is 2.10. The van der Waals surface area contributed by atoms with Gasteiger partial charge in [0, 0.05) is 16.5 Å². The Morgan fingerprint density at radius 2 is 1.86 bits per heavy atom. The maximum absolute atomic E-state index is 10.7. The highest BCUT2D eigenvalue weighted by molar-refractivity contribution is 6.34. The number of nitrogens with two attached hydrogens (primary N) is 1. The molecule has 1 radical (unpaired) electrons. The van der Waals surface area contributed by atoms with Gasteiger partial charge in [0.2, 0.25) is 5.91 Å². The molecule has 75 valence electrons. The standard InChI is InChI=1S/C10H10Cl2NO/c1-6(2-10(13)14)7-3-8(11)5-9(12)4-7/h3-6H,1-2H2,(H2,13,14). The minimum atomic E-state index is -0.388. The van der Waals surface area contributed by atoms with Gasteiger partial charge in [0.1, 0.15) is 0 Å². The minimum Gasteiger partial charge on any atom is -0.370 e. The monoisotopic (exact) mass is 230 g/mol. The fraction of sp³-hybridized carbons (Fsp3) is 0.200. The summed E-state index contributed by atoms with van der Waals surface area (Å²) in [6.07, 6.45) is 0.191. The van der Waals surface area contributed by atoms with Gasteiger partial charge in [0.05, 0.1) is 0 Å². The van der Waals surface area contributed by atoms with Crippen molar-refractivity contribution in [3.8, 4) is 0 Å². The molecule has 0 bridgehead atoms. The number of carbonyl (C=O) groups excluding carboxylic acids is 1. The van der Waals surface area contributed by atoms with Crippen LogP contribution in [0.4, 0.5) is 0 Å². The van der Waals surface area contributed by atoms with Gasteiger partial charge in [-0.3, -0.25) is 4.79 Å². The van der Waals surface area contributed by atoms with Crippen molar-refractivity contribution >= 4 is 29.1 Å². The van der Waals surface area contributed by atoms with Crippen molar-refractivity contribution in [2.45, 2.75) is 12.3 Å². The summed E-state index contributed by atoms with van der Waals surface area (Å²) >= 11 is 11.6. The molecule has 0 spiro atoms. The third-order valence-electron chi connectivity index (χ3n) is 1.80. The average molecular weight is 231 g/mol. The van der Waals surface area contributed by atoms with Gasteiger partial charge >= 0.3 is 0 Å². The molecule has 0 aliphatic rings. The normalized spacial score (nSPS) is 12.5. The van der Waals surface area contributed by atoms with Crippen LogP contribution in [0, 0.1) is 6.92 Å². The zero-order valence-corrected chi connectivity index (χ0v) is 8.98. The van der Waals surface area contributed by atoms with Crippen LogP contribution >= 0.6 is 23.2 Å². The lowest BCUT2D eigenvalue weighted by Crippen LogP contribution is -2.13. The molecule has 1 aromatic carbocycles. The highest BCUT2D eigenvalue weighted by atomic mass is 35.5. The molecule has 1 unspecified atom stereocenters. The molecule has 1 atom stereocenters. The van der Waals surface area contributed by atoms with Gasteiger partial charge < -0.3 is 5.73 Å². The summed E-state index contributed by atoms with van der Waals surface area (Å²) in [5, 5.41) is 1.07. The fourth-order valence-electron chi connectivity index (χ4n) is 1.17. The lowest BCUT2D eigenvalue weighted by atomic mass is 9.98.